The second kappa shape index (κ2) is 10.6. The number of amides is 1. The van der Waals surface area contributed by atoms with Crippen molar-refractivity contribution >= 4 is 46.5 Å². The fourth-order valence-electron chi connectivity index (χ4n) is 3.30. The molecule has 0 spiro atoms. The highest BCUT2D eigenvalue weighted by molar-refractivity contribution is 6.30. The number of carbonyl (C=O) groups is 1. The van der Waals surface area contributed by atoms with Crippen LogP contribution >= 0.6 is 24.0 Å². The first-order valence-corrected chi connectivity index (χ1v) is 9.74. The van der Waals surface area contributed by atoms with Crippen LogP contribution in [0.4, 0.5) is 5.69 Å². The van der Waals surface area contributed by atoms with E-state index in [1.165, 1.54) is 4.57 Å². The van der Waals surface area contributed by atoms with Gasteiger partial charge in [-0.1, -0.05) is 23.7 Å². The number of fused-ring (bicyclic) bond motifs is 1. The Morgan fingerprint density at radius 1 is 1.16 bits per heavy atom. The van der Waals surface area contributed by atoms with Gasteiger partial charge in [0.2, 0.25) is 5.91 Å². The smallest absolute Gasteiger partial charge is 0.331 e. The zero-order valence-corrected chi connectivity index (χ0v) is 18.7. The minimum Gasteiger partial charge on any atom is -0.390 e. The third kappa shape index (κ3) is 5.95. The predicted molar refractivity (Wildman–Crippen MR) is 124 cm³/mol. The van der Waals surface area contributed by atoms with Crippen molar-refractivity contribution in [3.8, 4) is 0 Å². The van der Waals surface area contributed by atoms with Gasteiger partial charge in [-0.15, -0.1) is 12.4 Å². The molecule has 1 amide bonds. The highest BCUT2D eigenvalue weighted by Crippen LogP contribution is 2.13. The first-order chi connectivity index (χ1) is 14.3. The van der Waals surface area contributed by atoms with Crippen molar-refractivity contribution < 1.29 is 9.90 Å². The summed E-state index contributed by atoms with van der Waals surface area (Å²) in [5.41, 5.74) is 0.204. The predicted octanol–water partition coefficient (Wildman–Crippen LogP) is 1.71. The molecular weight excluding hydrogens is 443 g/mol. The van der Waals surface area contributed by atoms with E-state index in [0.29, 0.717) is 21.6 Å². The van der Waals surface area contributed by atoms with Crippen molar-refractivity contribution in [2.45, 2.75) is 12.6 Å². The first kappa shape index (κ1) is 24.6. The Morgan fingerprint density at radius 2 is 1.81 bits per heavy atom. The summed E-state index contributed by atoms with van der Waals surface area (Å²) in [6.45, 7) is -0.0275. The lowest BCUT2D eigenvalue weighted by molar-refractivity contribution is -0.117. The molecule has 2 N–H and O–H groups in total. The third-order valence-corrected chi connectivity index (χ3v) is 4.97. The zero-order valence-electron chi connectivity index (χ0n) is 17.1. The summed E-state index contributed by atoms with van der Waals surface area (Å²) in [6.07, 6.45) is -1.01. The Labute approximate surface area is 190 Å². The summed E-state index contributed by atoms with van der Waals surface area (Å²) in [7, 11) is 3.26. The maximum atomic E-state index is 12.7. The molecule has 0 bridgehead atoms. The molecule has 3 rings (SSSR count). The first-order valence-electron chi connectivity index (χ1n) is 9.37. The van der Waals surface area contributed by atoms with Crippen molar-refractivity contribution in [3.05, 3.63) is 74.4 Å². The Hall–Kier alpha value is -2.65. The van der Waals surface area contributed by atoms with Crippen LogP contribution in [0.25, 0.3) is 10.9 Å². The number of rotatable bonds is 7. The number of carbonyl (C=O) groups excluding carboxylic acids is 1. The number of nitrogens with one attached hydrogen (secondary N) is 1. The number of aryl methyl sites for hydroxylation is 1. The van der Waals surface area contributed by atoms with Crippen LogP contribution < -0.4 is 16.6 Å². The molecule has 10 heteroatoms. The van der Waals surface area contributed by atoms with Crippen LogP contribution in [0.15, 0.2) is 58.1 Å². The summed E-state index contributed by atoms with van der Waals surface area (Å²) in [5, 5.41) is 14.1. The number of nitrogens with zero attached hydrogens (tertiary/aromatic N) is 3. The van der Waals surface area contributed by atoms with Gasteiger partial charge >= 0.3 is 5.69 Å². The number of likely N-dealkylation sites (N-methyl/N-ethyl adjacent to an activating group) is 1. The molecule has 3 aromatic rings. The Kier molecular flexibility index (Phi) is 8.41. The fraction of sp³-hybridized carbons (Fsp3) is 0.286. The van der Waals surface area contributed by atoms with E-state index in [1.54, 1.807) is 67.5 Å². The number of para-hydroxylation sites is 1. The van der Waals surface area contributed by atoms with Crippen LogP contribution in [0.5, 0.6) is 0 Å². The summed E-state index contributed by atoms with van der Waals surface area (Å²) >= 11 is 5.82. The van der Waals surface area contributed by atoms with E-state index < -0.39 is 17.4 Å². The molecule has 166 valence electrons. The number of aliphatic hydroxyl groups excluding tert-OH is 1. The molecule has 1 aromatic heterocycles. The average Bonchev–Trinajstić information content (AvgIpc) is 2.71. The quantitative estimate of drug-likeness (QED) is 0.552. The van der Waals surface area contributed by atoms with Gasteiger partial charge in [0.25, 0.3) is 5.56 Å². The summed E-state index contributed by atoms with van der Waals surface area (Å²) in [4.78, 5) is 39.0. The lowest BCUT2D eigenvalue weighted by atomic mass is 10.2. The van der Waals surface area contributed by atoms with Crippen molar-refractivity contribution in [2.75, 3.05) is 25.5 Å². The molecule has 0 aliphatic carbocycles. The second-order valence-electron chi connectivity index (χ2n) is 7.18. The number of hydrogen-bond donors (Lipinski definition) is 2. The normalized spacial score (nSPS) is 11.9. The van der Waals surface area contributed by atoms with Gasteiger partial charge in [-0.25, -0.2) is 4.79 Å². The number of halogens is 2. The van der Waals surface area contributed by atoms with Gasteiger partial charge in [-0.05, 0) is 43.4 Å². The van der Waals surface area contributed by atoms with E-state index in [1.807, 2.05) is 0 Å². The Morgan fingerprint density at radius 3 is 2.48 bits per heavy atom. The average molecular weight is 467 g/mol. The maximum absolute atomic E-state index is 12.7. The molecule has 0 saturated heterocycles. The van der Waals surface area contributed by atoms with Gasteiger partial charge in [0, 0.05) is 24.3 Å². The Balaban J connectivity index is 0.00000341. The van der Waals surface area contributed by atoms with E-state index in [9.17, 15) is 19.5 Å². The monoisotopic (exact) mass is 466 g/mol. The maximum Gasteiger partial charge on any atom is 0.331 e. The standard InChI is InChI=1S/C21H23ClN4O4.ClH/c1-24(13-19(28)23-15-9-7-14(22)8-10-15)11-16(27)12-26-20(29)17-5-3-4-6-18(17)25(2)21(26)30;/h3-10,16,27H,11-13H2,1-2H3,(H,23,28);1H. The van der Waals surface area contributed by atoms with Gasteiger partial charge in [0.1, 0.15) is 0 Å². The molecule has 0 aliphatic rings. The van der Waals surface area contributed by atoms with Gasteiger partial charge in [0.05, 0.1) is 30.1 Å². The fourth-order valence-corrected chi connectivity index (χ4v) is 3.42. The number of anilines is 1. The molecule has 0 fully saturated rings. The number of benzene rings is 2. The van der Waals surface area contributed by atoms with Gasteiger partial charge in [0.15, 0.2) is 0 Å². The van der Waals surface area contributed by atoms with E-state index in [0.717, 1.165) is 4.57 Å². The minimum absolute atomic E-state index is 0. The van der Waals surface area contributed by atoms with E-state index in [2.05, 4.69) is 5.32 Å². The van der Waals surface area contributed by atoms with E-state index in [4.69, 9.17) is 11.6 Å². The van der Waals surface area contributed by atoms with Crippen LogP contribution in [0.3, 0.4) is 0 Å². The number of hydrogen-bond acceptors (Lipinski definition) is 5. The lowest BCUT2D eigenvalue weighted by Gasteiger charge is -2.21. The summed E-state index contributed by atoms with van der Waals surface area (Å²) < 4.78 is 2.40. The molecule has 2 aromatic carbocycles. The van der Waals surface area contributed by atoms with Crippen molar-refractivity contribution in [1.82, 2.24) is 14.0 Å². The molecule has 0 aliphatic heterocycles. The number of aromatic nitrogens is 2. The second-order valence-corrected chi connectivity index (χ2v) is 7.62. The molecule has 31 heavy (non-hydrogen) atoms. The minimum atomic E-state index is -1.01. The molecule has 0 radical (unpaired) electrons. The summed E-state index contributed by atoms with van der Waals surface area (Å²) in [5.74, 6) is -0.259. The SMILES string of the molecule is CN(CC(=O)Nc1ccc(Cl)cc1)CC(O)Cn1c(=O)c2ccccc2n(C)c1=O.Cl. The van der Waals surface area contributed by atoms with E-state index in [-0.39, 0.29) is 37.9 Å². The summed E-state index contributed by atoms with van der Waals surface area (Å²) in [6, 6.07) is 13.6. The van der Waals surface area contributed by atoms with E-state index >= 15 is 0 Å². The van der Waals surface area contributed by atoms with Gasteiger partial charge in [-0.2, -0.15) is 0 Å². The third-order valence-electron chi connectivity index (χ3n) is 4.72. The number of aliphatic hydroxyl groups is 1. The topological polar surface area (TPSA) is 96.6 Å². The molecule has 1 heterocycles. The Bertz CT molecular complexity index is 1170. The largest absolute Gasteiger partial charge is 0.390 e. The molecular formula is C21H24Cl2N4O4. The molecule has 8 nitrogen and oxygen atoms in total. The zero-order chi connectivity index (χ0) is 21.8. The highest BCUT2D eigenvalue weighted by Gasteiger charge is 2.17. The van der Waals surface area contributed by atoms with Crippen molar-refractivity contribution in [3.63, 3.8) is 0 Å². The van der Waals surface area contributed by atoms with Crippen LogP contribution in [0.2, 0.25) is 5.02 Å². The van der Waals surface area contributed by atoms with Crippen LogP contribution in [0.1, 0.15) is 0 Å². The van der Waals surface area contributed by atoms with Crippen LogP contribution in [-0.4, -0.2) is 51.3 Å². The van der Waals surface area contributed by atoms with Gasteiger partial charge < -0.3 is 10.4 Å². The highest BCUT2D eigenvalue weighted by atomic mass is 35.5. The van der Waals surface area contributed by atoms with Gasteiger partial charge in [-0.3, -0.25) is 23.6 Å². The lowest BCUT2D eigenvalue weighted by Crippen LogP contribution is -2.44. The van der Waals surface area contributed by atoms with Crippen molar-refractivity contribution in [2.24, 2.45) is 7.05 Å². The van der Waals surface area contributed by atoms with Crippen molar-refractivity contribution in [1.29, 1.82) is 0 Å². The van der Waals surface area contributed by atoms with Crippen LogP contribution in [-0.2, 0) is 18.4 Å². The molecule has 0 saturated carbocycles. The van der Waals surface area contributed by atoms with Crippen LogP contribution in [0, 0.1) is 0 Å². The molecule has 1 atom stereocenters. The molecule has 1 unspecified atom stereocenters.